The Bertz CT molecular complexity index is 927. The zero-order chi connectivity index (χ0) is 23.6. The van der Waals surface area contributed by atoms with Gasteiger partial charge < -0.3 is 19.9 Å². The normalized spacial score (nSPS) is 13.0. The summed E-state index contributed by atoms with van der Waals surface area (Å²) in [4.78, 5) is 35.7. The van der Waals surface area contributed by atoms with Crippen LogP contribution >= 0.6 is 0 Å². The van der Waals surface area contributed by atoms with E-state index >= 15 is 0 Å². The first-order valence-corrected chi connectivity index (χ1v) is 11.5. The van der Waals surface area contributed by atoms with E-state index in [0.29, 0.717) is 6.42 Å². The molecule has 33 heavy (non-hydrogen) atoms. The molecule has 1 amide bonds. The van der Waals surface area contributed by atoms with Gasteiger partial charge in [-0.2, -0.15) is 0 Å². The molecule has 2 aromatic rings. The van der Waals surface area contributed by atoms with Crippen molar-refractivity contribution in [2.45, 2.75) is 57.4 Å². The molecule has 0 aliphatic heterocycles. The Morgan fingerprint density at radius 2 is 1.52 bits per heavy atom. The Hall–Kier alpha value is -3.35. The molecule has 176 valence electrons. The highest BCUT2D eigenvalue weighted by Gasteiger charge is 2.30. The molecule has 0 saturated carbocycles. The number of carboxylic acid groups (broad SMARTS) is 1. The van der Waals surface area contributed by atoms with Gasteiger partial charge in [0.05, 0.1) is 0 Å². The highest BCUT2D eigenvalue weighted by atomic mass is 16.6. The SMILES string of the molecule is CCCCCCCC(=O)OC[C@H](NC(=O)OCC1c2ccccc2-c2ccccc21)C(=O)O. The average molecular weight is 454 g/mol. The van der Waals surface area contributed by atoms with E-state index in [2.05, 4.69) is 12.2 Å². The van der Waals surface area contributed by atoms with Crippen LogP contribution in [0.5, 0.6) is 0 Å². The van der Waals surface area contributed by atoms with E-state index in [9.17, 15) is 19.5 Å². The first-order chi connectivity index (χ1) is 16.0. The summed E-state index contributed by atoms with van der Waals surface area (Å²) in [7, 11) is 0. The van der Waals surface area contributed by atoms with Crippen LogP contribution in [0.4, 0.5) is 4.79 Å². The second-order valence-corrected chi connectivity index (χ2v) is 8.21. The third-order valence-electron chi connectivity index (χ3n) is 5.83. The predicted molar refractivity (Wildman–Crippen MR) is 124 cm³/mol. The molecule has 0 heterocycles. The molecule has 0 fully saturated rings. The third-order valence-corrected chi connectivity index (χ3v) is 5.83. The minimum Gasteiger partial charge on any atom is -0.480 e. The van der Waals surface area contributed by atoms with Gasteiger partial charge in [-0.25, -0.2) is 9.59 Å². The molecule has 0 spiro atoms. The topological polar surface area (TPSA) is 102 Å². The van der Waals surface area contributed by atoms with Crippen molar-refractivity contribution in [1.82, 2.24) is 5.32 Å². The van der Waals surface area contributed by atoms with Crippen LogP contribution in [-0.4, -0.2) is 42.4 Å². The van der Waals surface area contributed by atoms with Crippen molar-refractivity contribution in [2.75, 3.05) is 13.2 Å². The molecule has 0 aromatic heterocycles. The van der Waals surface area contributed by atoms with Crippen molar-refractivity contribution in [3.8, 4) is 11.1 Å². The summed E-state index contributed by atoms with van der Waals surface area (Å²) in [5, 5.41) is 11.7. The number of hydrogen-bond acceptors (Lipinski definition) is 5. The van der Waals surface area contributed by atoms with E-state index < -0.39 is 30.7 Å². The highest BCUT2D eigenvalue weighted by Crippen LogP contribution is 2.44. The molecule has 7 nitrogen and oxygen atoms in total. The number of nitrogens with one attached hydrogen (secondary N) is 1. The lowest BCUT2D eigenvalue weighted by Crippen LogP contribution is -2.45. The van der Waals surface area contributed by atoms with E-state index in [4.69, 9.17) is 9.47 Å². The maximum absolute atomic E-state index is 12.3. The van der Waals surface area contributed by atoms with E-state index in [1.165, 1.54) is 0 Å². The van der Waals surface area contributed by atoms with Crippen molar-refractivity contribution in [2.24, 2.45) is 0 Å². The number of carbonyl (C=O) groups is 3. The fraction of sp³-hybridized carbons (Fsp3) is 0.423. The largest absolute Gasteiger partial charge is 0.480 e. The minimum absolute atomic E-state index is 0.0732. The molecule has 0 radical (unpaired) electrons. The Morgan fingerprint density at radius 1 is 0.909 bits per heavy atom. The average Bonchev–Trinajstić information content (AvgIpc) is 3.14. The lowest BCUT2D eigenvalue weighted by molar-refractivity contribution is -0.148. The molecular weight excluding hydrogens is 422 g/mol. The molecule has 3 rings (SSSR count). The van der Waals surface area contributed by atoms with Gasteiger partial charge in [0.1, 0.15) is 13.2 Å². The standard InChI is InChI=1S/C26H31NO6/c1-2-3-4-5-6-15-24(28)32-17-23(25(29)30)27-26(31)33-16-22-20-13-9-7-11-18(20)19-12-8-10-14-21(19)22/h7-14,22-23H,2-6,15-17H2,1H3,(H,27,31)(H,29,30)/t23-/m0/s1. The summed E-state index contributed by atoms with van der Waals surface area (Å²) in [6.07, 6.45) is 4.32. The number of fused-ring (bicyclic) bond motifs is 3. The summed E-state index contributed by atoms with van der Waals surface area (Å²) < 4.78 is 10.4. The van der Waals surface area contributed by atoms with Crippen molar-refractivity contribution in [1.29, 1.82) is 0 Å². The lowest BCUT2D eigenvalue weighted by Gasteiger charge is -2.17. The first kappa shape index (κ1) is 24.3. The summed E-state index contributed by atoms with van der Waals surface area (Å²) in [5.74, 6) is -1.89. The van der Waals surface area contributed by atoms with E-state index in [1.807, 2.05) is 48.5 Å². The molecule has 1 aliphatic carbocycles. The number of carbonyl (C=O) groups excluding carboxylic acids is 2. The van der Waals surface area contributed by atoms with Crippen LogP contribution < -0.4 is 5.32 Å². The summed E-state index contributed by atoms with van der Waals surface area (Å²) in [6.45, 7) is 1.75. The van der Waals surface area contributed by atoms with Crippen LogP contribution in [0.3, 0.4) is 0 Å². The van der Waals surface area contributed by atoms with E-state index in [1.54, 1.807) is 0 Å². The van der Waals surface area contributed by atoms with E-state index in [0.717, 1.165) is 47.9 Å². The predicted octanol–water partition coefficient (Wildman–Crippen LogP) is 4.88. The van der Waals surface area contributed by atoms with Gasteiger partial charge in [-0.05, 0) is 28.7 Å². The zero-order valence-electron chi connectivity index (χ0n) is 18.9. The van der Waals surface area contributed by atoms with Crippen molar-refractivity contribution in [3.05, 3.63) is 59.7 Å². The van der Waals surface area contributed by atoms with Gasteiger partial charge in [-0.1, -0.05) is 81.1 Å². The van der Waals surface area contributed by atoms with Gasteiger partial charge in [0, 0.05) is 12.3 Å². The second-order valence-electron chi connectivity index (χ2n) is 8.21. The first-order valence-electron chi connectivity index (χ1n) is 11.5. The van der Waals surface area contributed by atoms with Crippen LogP contribution in [0.1, 0.15) is 62.5 Å². The molecule has 1 aliphatic rings. The number of rotatable bonds is 12. The van der Waals surface area contributed by atoms with Crippen LogP contribution in [0.25, 0.3) is 11.1 Å². The fourth-order valence-corrected chi connectivity index (χ4v) is 4.08. The number of carboxylic acids is 1. The number of amides is 1. The van der Waals surface area contributed by atoms with Gasteiger partial charge in [0.15, 0.2) is 6.04 Å². The van der Waals surface area contributed by atoms with Crippen LogP contribution in [-0.2, 0) is 19.1 Å². The molecule has 0 bridgehead atoms. The Kier molecular flexibility index (Phi) is 8.87. The lowest BCUT2D eigenvalue weighted by atomic mass is 9.98. The maximum Gasteiger partial charge on any atom is 0.407 e. The van der Waals surface area contributed by atoms with Gasteiger partial charge in [-0.3, -0.25) is 4.79 Å². The van der Waals surface area contributed by atoms with Crippen LogP contribution in [0, 0.1) is 0 Å². The number of alkyl carbamates (subject to hydrolysis) is 1. The summed E-state index contributed by atoms with van der Waals surface area (Å²) in [6, 6.07) is 14.5. The Labute approximate surface area is 194 Å². The number of hydrogen-bond donors (Lipinski definition) is 2. The Balaban J connectivity index is 1.49. The molecule has 1 atom stereocenters. The second kappa shape index (κ2) is 12.0. The molecule has 2 N–H and O–H groups in total. The van der Waals surface area contributed by atoms with Crippen molar-refractivity contribution < 1.29 is 29.0 Å². The quantitative estimate of drug-likeness (QED) is 0.351. The van der Waals surface area contributed by atoms with Crippen LogP contribution in [0.2, 0.25) is 0 Å². The number of unbranched alkanes of at least 4 members (excludes halogenated alkanes) is 4. The summed E-state index contributed by atoms with van der Waals surface area (Å²) in [5.41, 5.74) is 4.34. The molecule has 0 unspecified atom stereocenters. The maximum atomic E-state index is 12.3. The van der Waals surface area contributed by atoms with Gasteiger partial charge in [0.25, 0.3) is 0 Å². The number of benzene rings is 2. The highest BCUT2D eigenvalue weighted by molar-refractivity contribution is 5.81. The monoisotopic (exact) mass is 453 g/mol. The van der Waals surface area contributed by atoms with Crippen molar-refractivity contribution in [3.63, 3.8) is 0 Å². The summed E-state index contributed by atoms with van der Waals surface area (Å²) >= 11 is 0. The fourth-order valence-electron chi connectivity index (χ4n) is 4.08. The molecule has 0 saturated heterocycles. The number of ether oxygens (including phenoxy) is 2. The zero-order valence-corrected chi connectivity index (χ0v) is 18.9. The van der Waals surface area contributed by atoms with Gasteiger partial charge in [0.2, 0.25) is 0 Å². The van der Waals surface area contributed by atoms with E-state index in [-0.39, 0.29) is 18.9 Å². The number of aliphatic carboxylic acids is 1. The van der Waals surface area contributed by atoms with Crippen molar-refractivity contribution >= 4 is 18.0 Å². The molecule has 2 aromatic carbocycles. The van der Waals surface area contributed by atoms with Crippen LogP contribution in [0.15, 0.2) is 48.5 Å². The van der Waals surface area contributed by atoms with Gasteiger partial charge >= 0.3 is 18.0 Å². The number of esters is 1. The third kappa shape index (κ3) is 6.57. The van der Waals surface area contributed by atoms with Gasteiger partial charge in [-0.15, -0.1) is 0 Å². The Morgan fingerprint density at radius 3 is 2.12 bits per heavy atom. The smallest absolute Gasteiger partial charge is 0.407 e. The molecule has 7 heteroatoms. The molecular formula is C26H31NO6. The minimum atomic E-state index is -1.37.